The van der Waals surface area contributed by atoms with Crippen molar-refractivity contribution in [2.24, 2.45) is 0 Å². The maximum atomic E-state index is 11.9. The highest BCUT2D eigenvalue weighted by Crippen LogP contribution is 2.36. The van der Waals surface area contributed by atoms with Crippen molar-refractivity contribution in [2.45, 2.75) is 44.6 Å². The maximum absolute atomic E-state index is 11.9. The number of anilines is 1. The number of nitrogens with one attached hydrogen (secondary N) is 1. The van der Waals surface area contributed by atoms with Gasteiger partial charge in [0, 0.05) is 18.9 Å². The summed E-state index contributed by atoms with van der Waals surface area (Å²) < 4.78 is 10.5. The van der Waals surface area contributed by atoms with Gasteiger partial charge in [-0.2, -0.15) is 0 Å². The van der Waals surface area contributed by atoms with E-state index < -0.39 is 23.1 Å². The van der Waals surface area contributed by atoms with Crippen LogP contribution in [-0.2, 0) is 19.7 Å². The number of carboxylic acids is 1. The summed E-state index contributed by atoms with van der Waals surface area (Å²) in [5, 5.41) is 12.3. The van der Waals surface area contributed by atoms with Crippen LogP contribution in [0, 0.1) is 0 Å². The molecular formula is C17H23NO5. The zero-order chi connectivity index (χ0) is 17.1. The molecule has 1 amide bonds. The summed E-state index contributed by atoms with van der Waals surface area (Å²) in [5.74, 6) is -0.866. The standard InChI is InChI=1S/C17H23NO5/c1-16(2,3)23-15(21)18-13-6-4-5-12(11-13)17(14(19)20)7-9-22-10-8-17/h4-6,11H,7-10H2,1-3H3,(H,18,21)(H,19,20). The van der Waals surface area contributed by atoms with Crippen molar-refractivity contribution < 1.29 is 24.2 Å². The second-order valence-corrected chi connectivity index (χ2v) is 6.71. The zero-order valence-corrected chi connectivity index (χ0v) is 13.7. The number of rotatable bonds is 3. The molecule has 1 aliphatic heterocycles. The molecule has 6 nitrogen and oxygen atoms in total. The Hall–Kier alpha value is -2.08. The fraction of sp³-hybridized carbons (Fsp3) is 0.529. The van der Waals surface area contributed by atoms with Crippen molar-refractivity contribution >= 4 is 17.7 Å². The van der Waals surface area contributed by atoms with Gasteiger partial charge in [-0.05, 0) is 51.3 Å². The molecular weight excluding hydrogens is 298 g/mol. The molecule has 126 valence electrons. The molecule has 0 atom stereocenters. The van der Waals surface area contributed by atoms with Crippen LogP contribution >= 0.6 is 0 Å². The molecule has 23 heavy (non-hydrogen) atoms. The van der Waals surface area contributed by atoms with Crippen molar-refractivity contribution in [2.75, 3.05) is 18.5 Å². The van der Waals surface area contributed by atoms with Crippen molar-refractivity contribution in [3.8, 4) is 0 Å². The lowest BCUT2D eigenvalue weighted by Gasteiger charge is -2.33. The fourth-order valence-corrected chi connectivity index (χ4v) is 2.66. The summed E-state index contributed by atoms with van der Waals surface area (Å²) in [6.07, 6.45) is 0.266. The van der Waals surface area contributed by atoms with Crippen LogP contribution in [0.5, 0.6) is 0 Å². The Kier molecular flexibility index (Phi) is 4.94. The van der Waals surface area contributed by atoms with Gasteiger partial charge in [0.1, 0.15) is 5.60 Å². The SMILES string of the molecule is CC(C)(C)OC(=O)Nc1cccc(C2(C(=O)O)CCOCC2)c1. The van der Waals surface area contributed by atoms with E-state index in [0.717, 1.165) is 0 Å². The van der Waals surface area contributed by atoms with Gasteiger partial charge in [0.05, 0.1) is 5.41 Å². The number of hydrogen-bond acceptors (Lipinski definition) is 4. The highest BCUT2D eigenvalue weighted by Gasteiger charge is 2.42. The number of hydrogen-bond donors (Lipinski definition) is 2. The number of ether oxygens (including phenoxy) is 2. The Labute approximate surface area is 135 Å². The lowest BCUT2D eigenvalue weighted by atomic mass is 9.74. The summed E-state index contributed by atoms with van der Waals surface area (Å²) in [6.45, 7) is 6.17. The third-order valence-corrected chi connectivity index (χ3v) is 3.82. The molecule has 1 saturated heterocycles. The van der Waals surface area contributed by atoms with E-state index in [1.165, 1.54) is 0 Å². The first kappa shape index (κ1) is 17.3. The quantitative estimate of drug-likeness (QED) is 0.893. The van der Waals surface area contributed by atoms with Gasteiger partial charge in [0.15, 0.2) is 0 Å². The molecule has 0 aromatic heterocycles. The van der Waals surface area contributed by atoms with E-state index in [9.17, 15) is 14.7 Å². The molecule has 1 aromatic carbocycles. The summed E-state index contributed by atoms with van der Waals surface area (Å²) in [5.41, 5.74) is -0.375. The second-order valence-electron chi connectivity index (χ2n) is 6.71. The van der Waals surface area contributed by atoms with Crippen molar-refractivity contribution in [3.05, 3.63) is 29.8 Å². The highest BCUT2D eigenvalue weighted by atomic mass is 16.6. The van der Waals surface area contributed by atoms with Gasteiger partial charge in [0.2, 0.25) is 0 Å². The van der Waals surface area contributed by atoms with Crippen LogP contribution in [0.15, 0.2) is 24.3 Å². The van der Waals surface area contributed by atoms with Gasteiger partial charge in [-0.3, -0.25) is 10.1 Å². The van der Waals surface area contributed by atoms with Crippen LogP contribution in [-0.4, -0.2) is 36.0 Å². The second kappa shape index (κ2) is 6.58. The molecule has 1 aromatic rings. The van der Waals surface area contributed by atoms with Gasteiger partial charge in [-0.15, -0.1) is 0 Å². The minimum Gasteiger partial charge on any atom is -0.481 e. The van der Waals surface area contributed by atoms with Gasteiger partial charge in [0.25, 0.3) is 0 Å². The van der Waals surface area contributed by atoms with Gasteiger partial charge in [-0.25, -0.2) is 4.79 Å². The Morgan fingerprint density at radius 1 is 1.26 bits per heavy atom. The van der Waals surface area contributed by atoms with Crippen LogP contribution in [0.1, 0.15) is 39.2 Å². The molecule has 2 N–H and O–H groups in total. The Balaban J connectivity index is 2.21. The number of carbonyl (C=O) groups excluding carboxylic acids is 1. The number of carbonyl (C=O) groups is 2. The molecule has 0 unspecified atom stereocenters. The zero-order valence-electron chi connectivity index (χ0n) is 13.7. The third kappa shape index (κ3) is 4.22. The Morgan fingerprint density at radius 2 is 1.91 bits per heavy atom. The smallest absolute Gasteiger partial charge is 0.412 e. The van der Waals surface area contributed by atoms with Gasteiger partial charge < -0.3 is 14.6 Å². The number of amides is 1. The summed E-state index contributed by atoms with van der Waals surface area (Å²) in [7, 11) is 0. The molecule has 1 aliphatic rings. The maximum Gasteiger partial charge on any atom is 0.412 e. The van der Waals surface area contributed by atoms with Crippen LogP contribution in [0.2, 0.25) is 0 Å². The monoisotopic (exact) mass is 321 g/mol. The summed E-state index contributed by atoms with van der Waals surface area (Å²) >= 11 is 0. The van der Waals surface area contributed by atoms with E-state index >= 15 is 0 Å². The molecule has 0 bridgehead atoms. The predicted molar refractivity (Wildman–Crippen MR) is 85.7 cm³/mol. The normalized spacial score (nSPS) is 17.3. The topological polar surface area (TPSA) is 84.9 Å². The molecule has 0 aliphatic carbocycles. The third-order valence-electron chi connectivity index (χ3n) is 3.82. The lowest BCUT2D eigenvalue weighted by Crippen LogP contribution is -2.41. The van der Waals surface area contributed by atoms with Crippen LogP contribution < -0.4 is 5.32 Å². The van der Waals surface area contributed by atoms with Crippen molar-refractivity contribution in [1.29, 1.82) is 0 Å². The van der Waals surface area contributed by atoms with Crippen LogP contribution in [0.25, 0.3) is 0 Å². The Bertz CT molecular complexity index is 585. The van der Waals surface area contributed by atoms with Gasteiger partial charge >= 0.3 is 12.1 Å². The first-order valence-electron chi connectivity index (χ1n) is 7.65. The fourth-order valence-electron chi connectivity index (χ4n) is 2.66. The van der Waals surface area contributed by atoms with E-state index in [0.29, 0.717) is 37.3 Å². The molecule has 1 fully saturated rings. The average Bonchev–Trinajstić information content (AvgIpc) is 2.46. The van der Waals surface area contributed by atoms with Crippen LogP contribution in [0.4, 0.5) is 10.5 Å². The lowest BCUT2D eigenvalue weighted by molar-refractivity contribution is -0.147. The molecule has 0 radical (unpaired) electrons. The minimum atomic E-state index is -0.968. The van der Waals surface area contributed by atoms with E-state index in [1.54, 1.807) is 45.0 Å². The summed E-state index contributed by atoms with van der Waals surface area (Å²) in [6, 6.07) is 6.92. The minimum absolute atomic E-state index is 0.413. The first-order chi connectivity index (χ1) is 10.7. The van der Waals surface area contributed by atoms with Crippen molar-refractivity contribution in [1.82, 2.24) is 0 Å². The van der Waals surface area contributed by atoms with Gasteiger partial charge in [-0.1, -0.05) is 12.1 Å². The molecule has 1 heterocycles. The molecule has 2 rings (SSSR count). The number of carboxylic acid groups (broad SMARTS) is 1. The molecule has 6 heteroatoms. The summed E-state index contributed by atoms with van der Waals surface area (Å²) in [4.78, 5) is 23.7. The average molecular weight is 321 g/mol. The van der Waals surface area contributed by atoms with Crippen LogP contribution in [0.3, 0.4) is 0 Å². The number of benzene rings is 1. The predicted octanol–water partition coefficient (Wildman–Crippen LogP) is 3.17. The number of aliphatic carboxylic acids is 1. The first-order valence-corrected chi connectivity index (χ1v) is 7.65. The van der Waals surface area contributed by atoms with E-state index in [4.69, 9.17) is 9.47 Å². The Morgan fingerprint density at radius 3 is 2.48 bits per heavy atom. The molecule has 0 spiro atoms. The van der Waals surface area contributed by atoms with E-state index in [2.05, 4.69) is 5.32 Å². The van der Waals surface area contributed by atoms with E-state index in [-0.39, 0.29) is 0 Å². The molecule has 0 saturated carbocycles. The van der Waals surface area contributed by atoms with Crippen molar-refractivity contribution in [3.63, 3.8) is 0 Å². The largest absolute Gasteiger partial charge is 0.481 e. The highest BCUT2D eigenvalue weighted by molar-refractivity contribution is 5.86. The van der Waals surface area contributed by atoms with E-state index in [1.807, 2.05) is 0 Å².